The molecule has 5 rings (SSSR count). The zero-order chi connectivity index (χ0) is 25.1. The van der Waals surface area contributed by atoms with E-state index in [4.69, 9.17) is 0 Å². The van der Waals surface area contributed by atoms with Crippen molar-refractivity contribution in [1.82, 2.24) is 0 Å². The van der Waals surface area contributed by atoms with Crippen molar-refractivity contribution in [1.29, 1.82) is 0 Å². The van der Waals surface area contributed by atoms with Crippen molar-refractivity contribution >= 4 is 5.97 Å². The van der Waals surface area contributed by atoms with Gasteiger partial charge in [0, 0.05) is 0 Å². The van der Waals surface area contributed by atoms with Crippen LogP contribution in [0.1, 0.15) is 99.8 Å². The first kappa shape index (κ1) is 24.8. The SMILES string of the molecule is C[C@H]1[C@H](C)[C@@H](O)C[C@]2(C(=O)O)CC[C@]3(C)C(=CC[C@@H]4[C@@]5(C)CC[C@H](O)C(C)(C)C5CC[C@]43C)[C@H]12. The van der Waals surface area contributed by atoms with E-state index in [1.165, 1.54) is 5.57 Å². The van der Waals surface area contributed by atoms with Crippen LogP contribution in [-0.4, -0.2) is 33.5 Å². The first-order chi connectivity index (χ1) is 15.7. The molecule has 0 aromatic rings. The number of aliphatic hydroxyl groups is 2. The zero-order valence-corrected chi connectivity index (χ0v) is 22.5. The minimum absolute atomic E-state index is 0.00933. The van der Waals surface area contributed by atoms with Gasteiger partial charge in [0.1, 0.15) is 0 Å². The molecule has 0 aromatic carbocycles. The summed E-state index contributed by atoms with van der Waals surface area (Å²) in [7, 11) is 0. The van der Waals surface area contributed by atoms with E-state index in [0.717, 1.165) is 38.5 Å². The van der Waals surface area contributed by atoms with E-state index in [1.54, 1.807) is 0 Å². The van der Waals surface area contributed by atoms with Crippen LogP contribution in [0.2, 0.25) is 0 Å². The van der Waals surface area contributed by atoms with Gasteiger partial charge in [0.25, 0.3) is 0 Å². The second-order valence-corrected chi connectivity index (χ2v) is 14.6. The first-order valence-electron chi connectivity index (χ1n) is 14.0. The monoisotopic (exact) mass is 472 g/mol. The fourth-order valence-corrected chi connectivity index (χ4v) is 10.9. The average Bonchev–Trinajstić information content (AvgIpc) is 2.75. The highest BCUT2D eigenvalue weighted by Gasteiger charge is 2.70. The van der Waals surface area contributed by atoms with Gasteiger partial charge < -0.3 is 15.3 Å². The lowest BCUT2D eigenvalue weighted by atomic mass is 9.33. The summed E-state index contributed by atoms with van der Waals surface area (Å²) in [6.45, 7) is 16.4. The van der Waals surface area contributed by atoms with Crippen LogP contribution in [0.15, 0.2) is 11.6 Å². The Balaban J connectivity index is 1.62. The van der Waals surface area contributed by atoms with E-state index in [-0.39, 0.29) is 45.5 Å². The Labute approximate surface area is 206 Å². The third-order valence-corrected chi connectivity index (χ3v) is 13.5. The standard InChI is InChI=1S/C30H48O4/c1-17-18(2)24-19-8-9-22-27(5)12-11-23(32)26(3,4)21(27)10-13-29(22,7)28(19,6)14-15-30(24,25(33)34)16-20(17)31/h8,17-18,20-24,31-32H,9-16H2,1-7H3,(H,33,34)/t17-,18-,20-,21?,22+,23-,24-,27-,28+,29+,30+/m0/s1. The van der Waals surface area contributed by atoms with Crippen LogP contribution < -0.4 is 0 Å². The second-order valence-electron chi connectivity index (χ2n) is 14.6. The van der Waals surface area contributed by atoms with Crippen LogP contribution >= 0.6 is 0 Å². The molecule has 0 amide bonds. The van der Waals surface area contributed by atoms with Crippen LogP contribution in [0.5, 0.6) is 0 Å². The lowest BCUT2D eigenvalue weighted by molar-refractivity contribution is -0.209. The highest BCUT2D eigenvalue weighted by atomic mass is 16.4. The van der Waals surface area contributed by atoms with Crippen molar-refractivity contribution in [3.8, 4) is 0 Å². The van der Waals surface area contributed by atoms with Crippen molar-refractivity contribution in [2.45, 2.75) is 112 Å². The smallest absolute Gasteiger partial charge is 0.310 e. The predicted molar refractivity (Wildman–Crippen MR) is 134 cm³/mol. The highest BCUT2D eigenvalue weighted by Crippen LogP contribution is 2.75. The third-order valence-electron chi connectivity index (χ3n) is 13.5. The Morgan fingerprint density at radius 1 is 0.912 bits per heavy atom. The Kier molecular flexibility index (Phi) is 5.36. The van der Waals surface area contributed by atoms with Gasteiger partial charge in [-0.05, 0) is 103 Å². The number of hydrogen-bond acceptors (Lipinski definition) is 3. The molecule has 0 aliphatic heterocycles. The van der Waals surface area contributed by atoms with Crippen LogP contribution in [0, 0.1) is 56.7 Å². The number of carboxylic acid groups (broad SMARTS) is 1. The summed E-state index contributed by atoms with van der Waals surface area (Å²) in [5, 5.41) is 32.2. The number of allylic oxidation sites excluding steroid dienone is 2. The molecule has 0 radical (unpaired) electrons. The quantitative estimate of drug-likeness (QED) is 0.405. The molecule has 0 heterocycles. The maximum absolute atomic E-state index is 12.8. The molecule has 1 unspecified atom stereocenters. The molecule has 4 fully saturated rings. The fraction of sp³-hybridized carbons (Fsp3) is 0.900. The topological polar surface area (TPSA) is 77.8 Å². The third kappa shape index (κ3) is 2.76. The lowest BCUT2D eigenvalue weighted by Crippen LogP contribution is -2.66. The molecule has 3 N–H and O–H groups in total. The number of carboxylic acids is 1. The van der Waals surface area contributed by atoms with E-state index in [0.29, 0.717) is 24.7 Å². The molecule has 4 heteroatoms. The molecule has 5 aliphatic carbocycles. The summed E-state index contributed by atoms with van der Waals surface area (Å²) in [5.41, 5.74) is 0.826. The maximum Gasteiger partial charge on any atom is 0.310 e. The molecule has 192 valence electrons. The van der Waals surface area contributed by atoms with E-state index in [1.807, 2.05) is 0 Å². The number of aliphatic hydroxyl groups excluding tert-OH is 2. The van der Waals surface area contributed by atoms with Crippen LogP contribution in [-0.2, 0) is 4.79 Å². The van der Waals surface area contributed by atoms with E-state index in [9.17, 15) is 20.1 Å². The van der Waals surface area contributed by atoms with Crippen molar-refractivity contribution < 1.29 is 20.1 Å². The van der Waals surface area contributed by atoms with E-state index in [2.05, 4.69) is 54.5 Å². The van der Waals surface area contributed by atoms with Gasteiger partial charge in [0.2, 0.25) is 0 Å². The summed E-state index contributed by atoms with van der Waals surface area (Å²) >= 11 is 0. The van der Waals surface area contributed by atoms with Crippen LogP contribution in [0.4, 0.5) is 0 Å². The molecular formula is C30H48O4. The largest absolute Gasteiger partial charge is 0.481 e. The molecule has 5 aliphatic rings. The molecular weight excluding hydrogens is 424 g/mol. The number of fused-ring (bicyclic) bond motifs is 7. The lowest BCUT2D eigenvalue weighted by Gasteiger charge is -2.71. The number of carbonyl (C=O) groups is 1. The van der Waals surface area contributed by atoms with Crippen molar-refractivity contribution in [3.05, 3.63) is 11.6 Å². The number of rotatable bonds is 1. The second kappa shape index (κ2) is 7.34. The molecule has 0 saturated heterocycles. The van der Waals surface area contributed by atoms with Gasteiger partial charge in [-0.25, -0.2) is 0 Å². The van der Waals surface area contributed by atoms with Gasteiger partial charge in [-0.1, -0.05) is 60.1 Å². The summed E-state index contributed by atoms with van der Waals surface area (Å²) < 4.78 is 0. The zero-order valence-electron chi connectivity index (χ0n) is 22.5. The van der Waals surface area contributed by atoms with Gasteiger partial charge in [-0.2, -0.15) is 0 Å². The normalized spacial score (nSPS) is 56.3. The van der Waals surface area contributed by atoms with Gasteiger partial charge in [-0.15, -0.1) is 0 Å². The van der Waals surface area contributed by atoms with Crippen molar-refractivity contribution in [2.24, 2.45) is 56.7 Å². The first-order valence-corrected chi connectivity index (χ1v) is 14.0. The van der Waals surface area contributed by atoms with Crippen LogP contribution in [0.3, 0.4) is 0 Å². The number of aliphatic carboxylic acids is 1. The summed E-state index contributed by atoms with van der Waals surface area (Å²) in [6.07, 6.45) is 8.98. The Bertz CT molecular complexity index is 907. The number of hydrogen-bond donors (Lipinski definition) is 3. The minimum atomic E-state index is -0.835. The maximum atomic E-state index is 12.8. The Morgan fingerprint density at radius 3 is 2.24 bits per heavy atom. The van der Waals surface area contributed by atoms with Gasteiger partial charge in [0.15, 0.2) is 0 Å². The molecule has 4 saturated carbocycles. The summed E-state index contributed by atoms with van der Waals surface area (Å²) in [4.78, 5) is 12.8. The molecule has 34 heavy (non-hydrogen) atoms. The van der Waals surface area contributed by atoms with Gasteiger partial charge >= 0.3 is 5.97 Å². The fourth-order valence-electron chi connectivity index (χ4n) is 10.9. The van der Waals surface area contributed by atoms with Crippen LogP contribution in [0.25, 0.3) is 0 Å². The predicted octanol–water partition coefficient (Wildman–Crippen LogP) is 6.06. The summed E-state index contributed by atoms with van der Waals surface area (Å²) in [6, 6.07) is 0. The van der Waals surface area contributed by atoms with Crippen molar-refractivity contribution in [2.75, 3.05) is 0 Å². The highest BCUT2D eigenvalue weighted by molar-refractivity contribution is 5.77. The Hall–Kier alpha value is -0.870. The Morgan fingerprint density at radius 2 is 1.59 bits per heavy atom. The average molecular weight is 473 g/mol. The molecule has 0 bridgehead atoms. The molecule has 4 nitrogen and oxygen atoms in total. The molecule has 11 atom stereocenters. The van der Waals surface area contributed by atoms with E-state index >= 15 is 0 Å². The minimum Gasteiger partial charge on any atom is -0.481 e. The summed E-state index contributed by atoms with van der Waals surface area (Å²) in [5.74, 6) is 0.644. The molecule has 0 aromatic heterocycles. The van der Waals surface area contributed by atoms with Gasteiger partial charge in [-0.3, -0.25) is 4.79 Å². The molecule has 0 spiro atoms. The van der Waals surface area contributed by atoms with E-state index < -0.39 is 17.5 Å². The van der Waals surface area contributed by atoms with Gasteiger partial charge in [0.05, 0.1) is 17.6 Å². The van der Waals surface area contributed by atoms with Crippen molar-refractivity contribution in [3.63, 3.8) is 0 Å².